The highest BCUT2D eigenvalue weighted by Crippen LogP contribution is 2.27. The van der Waals surface area contributed by atoms with E-state index >= 15 is 0 Å². The third-order valence-electron chi connectivity index (χ3n) is 4.27. The van der Waals surface area contributed by atoms with Crippen LogP contribution in [0, 0.1) is 0 Å². The van der Waals surface area contributed by atoms with E-state index in [2.05, 4.69) is 44.6 Å². The molecule has 0 radical (unpaired) electrons. The summed E-state index contributed by atoms with van der Waals surface area (Å²) in [5.74, 6) is 0. The molecule has 114 valence electrons. The Bertz CT molecular complexity index is 526. The van der Waals surface area contributed by atoms with Crippen molar-refractivity contribution >= 4 is 0 Å². The minimum absolute atomic E-state index is 0.170. The van der Waals surface area contributed by atoms with E-state index in [1.807, 2.05) is 0 Å². The van der Waals surface area contributed by atoms with Crippen LogP contribution in [-0.4, -0.2) is 31.7 Å². The van der Waals surface area contributed by atoms with Crippen molar-refractivity contribution in [1.29, 1.82) is 0 Å². The molecule has 6 nitrogen and oxygen atoms in total. The van der Waals surface area contributed by atoms with Crippen molar-refractivity contribution in [3.05, 3.63) is 29.8 Å². The first-order chi connectivity index (χ1) is 10.4. The molecule has 1 atom stereocenters. The first-order valence-corrected chi connectivity index (χ1v) is 8.00. The fourth-order valence-electron chi connectivity index (χ4n) is 3.15. The summed E-state index contributed by atoms with van der Waals surface area (Å²) in [4.78, 5) is 0. The highest BCUT2D eigenvalue weighted by atomic mass is 15.3. The van der Waals surface area contributed by atoms with Gasteiger partial charge in [-0.25, -0.2) is 0 Å². The molecule has 1 unspecified atom stereocenters. The summed E-state index contributed by atoms with van der Waals surface area (Å²) in [6.45, 7) is 3.01. The molecule has 6 heteroatoms. The summed E-state index contributed by atoms with van der Waals surface area (Å²) in [5.41, 5.74) is 2.07. The summed E-state index contributed by atoms with van der Waals surface area (Å²) in [6, 6.07) is 2.90. The monoisotopic (exact) mass is 288 g/mol. The molecular formula is C15H24N6. The van der Waals surface area contributed by atoms with E-state index in [1.54, 1.807) is 6.20 Å². The fraction of sp³-hybridized carbons (Fsp3) is 0.667. The Labute approximate surface area is 125 Å². The smallest absolute Gasteiger partial charge is 0.0997 e. The molecule has 1 aliphatic carbocycles. The SMILES string of the molecule is CCNC(Cc1ccn(C2CCCCC2)n1)c1cn[nH]n1. The van der Waals surface area contributed by atoms with Gasteiger partial charge in [-0.2, -0.15) is 20.5 Å². The van der Waals surface area contributed by atoms with Crippen LogP contribution in [-0.2, 0) is 6.42 Å². The first-order valence-electron chi connectivity index (χ1n) is 8.00. The van der Waals surface area contributed by atoms with Crippen LogP contribution in [0.15, 0.2) is 18.5 Å². The highest BCUT2D eigenvalue weighted by molar-refractivity contribution is 5.09. The highest BCUT2D eigenvalue weighted by Gasteiger charge is 2.18. The lowest BCUT2D eigenvalue weighted by molar-refractivity contribution is 0.327. The van der Waals surface area contributed by atoms with E-state index in [0.29, 0.717) is 6.04 Å². The van der Waals surface area contributed by atoms with Gasteiger partial charge >= 0.3 is 0 Å². The second-order valence-electron chi connectivity index (χ2n) is 5.79. The summed E-state index contributed by atoms with van der Waals surface area (Å²) in [6.07, 6.45) is 11.3. The van der Waals surface area contributed by atoms with Crippen molar-refractivity contribution in [3.8, 4) is 0 Å². The number of hydrogen-bond donors (Lipinski definition) is 2. The van der Waals surface area contributed by atoms with Gasteiger partial charge in [-0.1, -0.05) is 26.2 Å². The van der Waals surface area contributed by atoms with E-state index in [9.17, 15) is 0 Å². The predicted molar refractivity (Wildman–Crippen MR) is 80.9 cm³/mol. The van der Waals surface area contributed by atoms with Gasteiger partial charge in [0.15, 0.2) is 0 Å². The average molecular weight is 288 g/mol. The zero-order valence-electron chi connectivity index (χ0n) is 12.6. The Morgan fingerprint density at radius 2 is 2.24 bits per heavy atom. The lowest BCUT2D eigenvalue weighted by Gasteiger charge is -2.22. The number of nitrogens with one attached hydrogen (secondary N) is 2. The molecule has 0 bridgehead atoms. The van der Waals surface area contributed by atoms with Gasteiger partial charge in [-0.3, -0.25) is 4.68 Å². The van der Waals surface area contributed by atoms with Crippen molar-refractivity contribution in [1.82, 2.24) is 30.5 Å². The Balaban J connectivity index is 1.67. The van der Waals surface area contributed by atoms with Crippen LogP contribution in [0.2, 0.25) is 0 Å². The molecule has 0 amide bonds. The molecule has 1 fully saturated rings. The maximum Gasteiger partial charge on any atom is 0.0997 e. The number of likely N-dealkylation sites (N-methyl/N-ethyl adjacent to an activating group) is 1. The van der Waals surface area contributed by atoms with Crippen LogP contribution in [0.5, 0.6) is 0 Å². The minimum Gasteiger partial charge on any atom is -0.308 e. The summed E-state index contributed by atoms with van der Waals surface area (Å²) < 4.78 is 2.17. The summed E-state index contributed by atoms with van der Waals surface area (Å²) >= 11 is 0. The van der Waals surface area contributed by atoms with Crippen LogP contribution in [0.3, 0.4) is 0 Å². The molecule has 2 heterocycles. The normalized spacial score (nSPS) is 18.0. The Morgan fingerprint density at radius 3 is 2.95 bits per heavy atom. The van der Waals surface area contributed by atoms with Crippen LogP contribution >= 0.6 is 0 Å². The van der Waals surface area contributed by atoms with Gasteiger partial charge in [-0.05, 0) is 25.5 Å². The fourth-order valence-corrected chi connectivity index (χ4v) is 3.15. The molecule has 3 rings (SSSR count). The van der Waals surface area contributed by atoms with Gasteiger partial charge in [0.1, 0.15) is 0 Å². The zero-order valence-corrected chi connectivity index (χ0v) is 12.6. The molecule has 0 saturated heterocycles. The Morgan fingerprint density at radius 1 is 1.38 bits per heavy atom. The molecule has 2 aromatic heterocycles. The lowest BCUT2D eigenvalue weighted by atomic mass is 9.96. The maximum absolute atomic E-state index is 4.78. The molecule has 1 aliphatic rings. The van der Waals surface area contributed by atoms with Crippen molar-refractivity contribution < 1.29 is 0 Å². The van der Waals surface area contributed by atoms with Crippen LogP contribution in [0.25, 0.3) is 0 Å². The third kappa shape index (κ3) is 3.50. The third-order valence-corrected chi connectivity index (χ3v) is 4.27. The Hall–Kier alpha value is -1.69. The molecule has 1 saturated carbocycles. The van der Waals surface area contributed by atoms with E-state index < -0.39 is 0 Å². The molecule has 0 aliphatic heterocycles. The van der Waals surface area contributed by atoms with Gasteiger partial charge < -0.3 is 5.32 Å². The number of aromatic amines is 1. The standard InChI is InChI=1S/C15H24N6/c1-2-16-14(15-11-17-20-18-15)10-12-8-9-21(19-12)13-6-4-3-5-7-13/h8-9,11,13-14,16H,2-7,10H2,1H3,(H,17,18,20). The van der Waals surface area contributed by atoms with Crippen molar-refractivity contribution in [2.75, 3.05) is 6.54 Å². The number of H-pyrrole nitrogens is 1. The second kappa shape index (κ2) is 6.85. The van der Waals surface area contributed by atoms with E-state index in [4.69, 9.17) is 5.10 Å². The lowest BCUT2D eigenvalue weighted by Crippen LogP contribution is -2.23. The second-order valence-corrected chi connectivity index (χ2v) is 5.79. The van der Waals surface area contributed by atoms with Crippen molar-refractivity contribution in [2.24, 2.45) is 0 Å². The maximum atomic E-state index is 4.78. The van der Waals surface area contributed by atoms with Crippen molar-refractivity contribution in [3.63, 3.8) is 0 Å². The number of rotatable bonds is 6. The number of hydrogen-bond acceptors (Lipinski definition) is 4. The topological polar surface area (TPSA) is 71.4 Å². The average Bonchev–Trinajstić information content (AvgIpc) is 3.19. The van der Waals surface area contributed by atoms with E-state index in [-0.39, 0.29) is 6.04 Å². The Kier molecular flexibility index (Phi) is 4.65. The van der Waals surface area contributed by atoms with Crippen LogP contribution in [0.1, 0.15) is 62.5 Å². The molecule has 21 heavy (non-hydrogen) atoms. The molecular weight excluding hydrogens is 264 g/mol. The summed E-state index contributed by atoms with van der Waals surface area (Å²) in [5, 5.41) is 19.0. The van der Waals surface area contributed by atoms with Gasteiger partial charge in [0.2, 0.25) is 0 Å². The van der Waals surface area contributed by atoms with Crippen molar-refractivity contribution in [2.45, 2.75) is 57.5 Å². The zero-order chi connectivity index (χ0) is 14.5. The van der Waals surface area contributed by atoms with Crippen LogP contribution < -0.4 is 5.32 Å². The molecule has 0 aromatic carbocycles. The van der Waals surface area contributed by atoms with Gasteiger partial charge in [0.25, 0.3) is 0 Å². The predicted octanol–water partition coefficient (Wildman–Crippen LogP) is 2.40. The number of aromatic nitrogens is 5. The quantitative estimate of drug-likeness (QED) is 0.856. The van der Waals surface area contributed by atoms with Crippen LogP contribution in [0.4, 0.5) is 0 Å². The number of nitrogens with zero attached hydrogens (tertiary/aromatic N) is 4. The molecule has 2 aromatic rings. The van der Waals surface area contributed by atoms with E-state index in [1.165, 1.54) is 32.1 Å². The van der Waals surface area contributed by atoms with Gasteiger partial charge in [0, 0.05) is 12.6 Å². The summed E-state index contributed by atoms with van der Waals surface area (Å²) in [7, 11) is 0. The minimum atomic E-state index is 0.170. The van der Waals surface area contributed by atoms with E-state index in [0.717, 1.165) is 24.4 Å². The molecule has 2 N–H and O–H groups in total. The molecule has 0 spiro atoms. The van der Waals surface area contributed by atoms with Gasteiger partial charge in [-0.15, -0.1) is 0 Å². The van der Waals surface area contributed by atoms with Gasteiger partial charge in [0.05, 0.1) is 29.7 Å². The first kappa shape index (κ1) is 14.3. The largest absolute Gasteiger partial charge is 0.308 e.